The summed E-state index contributed by atoms with van der Waals surface area (Å²) in [5, 5.41) is 0. The Morgan fingerprint density at radius 1 is 0.519 bits per heavy atom. The van der Waals surface area contributed by atoms with Crippen LogP contribution in [0.3, 0.4) is 0 Å². The van der Waals surface area contributed by atoms with E-state index in [1.807, 2.05) is 0 Å². The van der Waals surface area contributed by atoms with Crippen LogP contribution in [0.5, 0.6) is 0 Å². The van der Waals surface area contributed by atoms with Crippen molar-refractivity contribution in [3.63, 3.8) is 0 Å². The van der Waals surface area contributed by atoms with Crippen molar-refractivity contribution in [1.29, 1.82) is 0 Å². The molecule has 0 amide bonds. The van der Waals surface area contributed by atoms with Gasteiger partial charge in [0.25, 0.3) is 0 Å². The molecule has 0 N–H and O–H groups in total. The molecule has 0 saturated heterocycles. The molecule has 0 saturated carbocycles. The largest absolute Gasteiger partial charge is 0.460 e. The Bertz CT molecular complexity index is 883. The molecule has 0 fully saturated rings. The third kappa shape index (κ3) is 3.55. The summed E-state index contributed by atoms with van der Waals surface area (Å²) < 4.78 is 135. The molecule has 0 atom stereocenters. The highest BCUT2D eigenvalue weighted by atomic mass is 19.2. The van der Waals surface area contributed by atoms with E-state index in [9.17, 15) is 48.7 Å². The Kier molecular flexibility index (Phi) is 5.66. The molecule has 0 aliphatic carbocycles. The van der Waals surface area contributed by atoms with E-state index in [0.29, 0.717) is 0 Å². The zero-order chi connectivity index (χ0) is 20.6. The molecule has 146 valence electrons. The SMILES string of the molecule is O=C(Cc1c(F)c(F)c(F)c(F)c1F)OCc1c(F)c(F)c(F)c(F)c1F. The number of esters is 1. The molecule has 0 radical (unpaired) electrons. The monoisotopic (exact) mass is 406 g/mol. The third-order valence-electron chi connectivity index (χ3n) is 3.30. The summed E-state index contributed by atoms with van der Waals surface area (Å²) in [6.45, 7) is -1.56. The van der Waals surface area contributed by atoms with Crippen molar-refractivity contribution in [2.45, 2.75) is 13.0 Å². The third-order valence-corrected chi connectivity index (χ3v) is 3.30. The molecule has 2 nitrogen and oxygen atoms in total. The first-order chi connectivity index (χ1) is 12.5. The molecule has 2 aromatic rings. The van der Waals surface area contributed by atoms with Gasteiger partial charge in [0.2, 0.25) is 11.6 Å². The number of halogens is 10. The van der Waals surface area contributed by atoms with Crippen LogP contribution in [-0.4, -0.2) is 5.97 Å². The molecule has 12 heteroatoms. The van der Waals surface area contributed by atoms with Crippen LogP contribution in [0.15, 0.2) is 0 Å². The molecule has 0 heterocycles. The number of carbonyl (C=O) groups is 1. The minimum absolute atomic E-state index is 1.56. The number of benzene rings is 2. The zero-order valence-corrected chi connectivity index (χ0v) is 12.5. The van der Waals surface area contributed by atoms with Crippen molar-refractivity contribution >= 4 is 5.97 Å². The maximum absolute atomic E-state index is 13.4. The van der Waals surface area contributed by atoms with Gasteiger partial charge in [-0.05, 0) is 0 Å². The second kappa shape index (κ2) is 7.45. The first kappa shape index (κ1) is 20.5. The molecular formula is C15H4F10O2. The smallest absolute Gasteiger partial charge is 0.310 e. The first-order valence-corrected chi connectivity index (χ1v) is 6.65. The van der Waals surface area contributed by atoms with Crippen LogP contribution in [-0.2, 0) is 22.6 Å². The van der Waals surface area contributed by atoms with Crippen molar-refractivity contribution < 1.29 is 53.4 Å². The summed E-state index contributed by atoms with van der Waals surface area (Å²) in [6.07, 6.45) is -1.57. The number of ether oxygens (including phenoxy) is 1. The van der Waals surface area contributed by atoms with Gasteiger partial charge in [0, 0.05) is 5.56 Å². The second-order valence-corrected chi connectivity index (χ2v) is 4.93. The van der Waals surface area contributed by atoms with E-state index in [1.165, 1.54) is 0 Å². The highest BCUT2D eigenvalue weighted by molar-refractivity contribution is 5.72. The lowest BCUT2D eigenvalue weighted by molar-refractivity contribution is -0.144. The summed E-state index contributed by atoms with van der Waals surface area (Å²) in [6, 6.07) is 0. The predicted octanol–water partition coefficient (Wildman–Crippen LogP) is 4.36. The van der Waals surface area contributed by atoms with Gasteiger partial charge in [0.05, 0.1) is 12.0 Å². The molecular weight excluding hydrogens is 402 g/mol. The fourth-order valence-electron chi connectivity index (χ4n) is 1.93. The van der Waals surface area contributed by atoms with Gasteiger partial charge in [-0.15, -0.1) is 0 Å². The normalized spacial score (nSPS) is 11.0. The number of rotatable bonds is 4. The molecule has 0 unspecified atom stereocenters. The van der Waals surface area contributed by atoms with Gasteiger partial charge in [-0.1, -0.05) is 0 Å². The number of hydrogen-bond acceptors (Lipinski definition) is 2. The van der Waals surface area contributed by atoms with Crippen LogP contribution in [0.1, 0.15) is 11.1 Å². The van der Waals surface area contributed by atoms with Crippen molar-refractivity contribution in [3.8, 4) is 0 Å². The molecule has 0 aliphatic rings. The molecule has 2 rings (SSSR count). The fourth-order valence-corrected chi connectivity index (χ4v) is 1.93. The van der Waals surface area contributed by atoms with Gasteiger partial charge < -0.3 is 4.74 Å². The molecule has 0 aromatic heterocycles. The highest BCUT2D eigenvalue weighted by Crippen LogP contribution is 2.25. The van der Waals surface area contributed by atoms with Gasteiger partial charge in [-0.2, -0.15) is 0 Å². The minimum atomic E-state index is -2.48. The first-order valence-electron chi connectivity index (χ1n) is 6.65. The van der Waals surface area contributed by atoms with E-state index in [2.05, 4.69) is 4.74 Å². The predicted molar refractivity (Wildman–Crippen MR) is 66.0 cm³/mol. The Balaban J connectivity index is 2.25. The second-order valence-electron chi connectivity index (χ2n) is 4.93. The van der Waals surface area contributed by atoms with E-state index < -0.39 is 88.3 Å². The van der Waals surface area contributed by atoms with Crippen molar-refractivity contribution in [1.82, 2.24) is 0 Å². The maximum atomic E-state index is 13.4. The van der Waals surface area contributed by atoms with E-state index in [4.69, 9.17) is 0 Å². The Morgan fingerprint density at radius 3 is 1.19 bits per heavy atom. The van der Waals surface area contributed by atoms with Crippen LogP contribution >= 0.6 is 0 Å². The summed E-state index contributed by atoms with van der Waals surface area (Å²) in [7, 11) is 0. The number of carbonyl (C=O) groups excluding carboxylic acids is 1. The summed E-state index contributed by atoms with van der Waals surface area (Å²) in [5.41, 5.74) is -3.18. The van der Waals surface area contributed by atoms with Crippen molar-refractivity contribution in [2.24, 2.45) is 0 Å². The van der Waals surface area contributed by atoms with Gasteiger partial charge in [-0.3, -0.25) is 4.79 Å². The highest BCUT2D eigenvalue weighted by Gasteiger charge is 2.29. The van der Waals surface area contributed by atoms with Gasteiger partial charge in [-0.25, -0.2) is 43.9 Å². The van der Waals surface area contributed by atoms with Crippen LogP contribution < -0.4 is 0 Å². The molecule has 0 spiro atoms. The maximum Gasteiger partial charge on any atom is 0.310 e. The fraction of sp³-hybridized carbons (Fsp3) is 0.133. The van der Waals surface area contributed by atoms with Gasteiger partial charge in [0.15, 0.2) is 46.5 Å². The Hall–Kier alpha value is -2.79. The lowest BCUT2D eigenvalue weighted by atomic mass is 10.1. The van der Waals surface area contributed by atoms with E-state index in [0.717, 1.165) is 0 Å². The standard InChI is InChI=1S/C15H4F10O2/c16-6-3(7(17)11(21)14(24)10(6)20)1-5(26)27-2-4-8(18)12(22)15(25)13(23)9(4)19/h1-2H2. The van der Waals surface area contributed by atoms with E-state index in [1.54, 1.807) is 0 Å². The quantitative estimate of drug-likeness (QED) is 0.327. The zero-order valence-electron chi connectivity index (χ0n) is 12.5. The minimum Gasteiger partial charge on any atom is -0.460 e. The molecule has 2 aromatic carbocycles. The summed E-state index contributed by atoms with van der Waals surface area (Å²) in [5.74, 6) is -25.4. The number of hydrogen-bond donors (Lipinski definition) is 0. The summed E-state index contributed by atoms with van der Waals surface area (Å²) >= 11 is 0. The molecule has 0 bridgehead atoms. The lowest BCUT2D eigenvalue weighted by Gasteiger charge is -2.10. The van der Waals surface area contributed by atoms with E-state index in [-0.39, 0.29) is 0 Å². The molecule has 27 heavy (non-hydrogen) atoms. The average Bonchev–Trinajstić information content (AvgIpc) is 2.65. The van der Waals surface area contributed by atoms with Crippen molar-refractivity contribution in [3.05, 3.63) is 69.3 Å². The van der Waals surface area contributed by atoms with Gasteiger partial charge in [0.1, 0.15) is 6.61 Å². The van der Waals surface area contributed by atoms with E-state index >= 15 is 0 Å². The van der Waals surface area contributed by atoms with Crippen LogP contribution in [0.25, 0.3) is 0 Å². The Labute approximate surface area is 143 Å². The molecule has 0 aliphatic heterocycles. The van der Waals surface area contributed by atoms with Crippen LogP contribution in [0, 0.1) is 58.2 Å². The van der Waals surface area contributed by atoms with Crippen LogP contribution in [0.4, 0.5) is 43.9 Å². The lowest BCUT2D eigenvalue weighted by Crippen LogP contribution is -2.16. The Morgan fingerprint density at radius 2 is 0.815 bits per heavy atom. The summed E-state index contributed by atoms with van der Waals surface area (Å²) in [4.78, 5) is 11.5. The van der Waals surface area contributed by atoms with Gasteiger partial charge >= 0.3 is 5.97 Å². The average molecular weight is 406 g/mol. The van der Waals surface area contributed by atoms with Crippen LogP contribution in [0.2, 0.25) is 0 Å². The topological polar surface area (TPSA) is 26.3 Å². The van der Waals surface area contributed by atoms with Crippen molar-refractivity contribution in [2.75, 3.05) is 0 Å².